The Balaban J connectivity index is 2.28. The molecule has 2 atom stereocenters. The van der Waals surface area contributed by atoms with Gasteiger partial charge in [0.05, 0.1) is 23.4 Å². The highest BCUT2D eigenvalue weighted by Gasteiger charge is 2.49. The predicted molar refractivity (Wildman–Crippen MR) is 144 cm³/mol. The van der Waals surface area contributed by atoms with E-state index in [1.165, 1.54) is 0 Å². The quantitative estimate of drug-likeness (QED) is 0.398. The molecule has 194 valence electrons. The van der Waals surface area contributed by atoms with E-state index in [-0.39, 0.29) is 5.75 Å². The fraction of sp³-hybridized carbons (Fsp3) is 0.586. The minimum absolute atomic E-state index is 0.0159. The normalized spacial score (nSPS) is 20.6. The molecular formula is C29H43NO4S. The van der Waals surface area contributed by atoms with Crippen LogP contribution in [0.25, 0.3) is 0 Å². The topological polar surface area (TPSA) is 66.8 Å². The molecule has 1 aliphatic rings. The van der Waals surface area contributed by atoms with Crippen molar-refractivity contribution >= 4 is 15.5 Å². The maximum Gasteiger partial charge on any atom is 0.179 e. The fourth-order valence-electron chi connectivity index (χ4n) is 5.41. The summed E-state index contributed by atoms with van der Waals surface area (Å²) in [6.07, 6.45) is 5.18. The fourth-order valence-corrected chi connectivity index (χ4v) is 7.60. The second-order valence-corrected chi connectivity index (χ2v) is 12.2. The van der Waals surface area contributed by atoms with Gasteiger partial charge < -0.3 is 14.7 Å². The summed E-state index contributed by atoms with van der Waals surface area (Å²) in [6.45, 7) is 6.92. The zero-order valence-electron chi connectivity index (χ0n) is 22.1. The molecule has 0 saturated carbocycles. The Bertz CT molecular complexity index is 1070. The number of unbranched alkanes of at least 4 members (excludes halogenated alkanes) is 2. The zero-order chi connectivity index (χ0) is 25.6. The van der Waals surface area contributed by atoms with Crippen LogP contribution in [-0.4, -0.2) is 46.1 Å². The lowest BCUT2D eigenvalue weighted by molar-refractivity contribution is 0.0126. The van der Waals surface area contributed by atoms with Crippen molar-refractivity contribution in [3.63, 3.8) is 0 Å². The van der Waals surface area contributed by atoms with E-state index in [4.69, 9.17) is 4.74 Å². The highest BCUT2D eigenvalue weighted by Crippen LogP contribution is 2.50. The molecule has 0 aliphatic carbocycles. The van der Waals surface area contributed by atoms with Crippen LogP contribution in [0.5, 0.6) is 5.75 Å². The van der Waals surface area contributed by atoms with Crippen LogP contribution in [0, 0.1) is 5.41 Å². The summed E-state index contributed by atoms with van der Waals surface area (Å²) in [5, 5.41) is 12.2. The number of hydrogen-bond acceptors (Lipinski definition) is 5. The highest BCUT2D eigenvalue weighted by atomic mass is 32.2. The van der Waals surface area contributed by atoms with Crippen LogP contribution in [0.3, 0.4) is 0 Å². The smallest absolute Gasteiger partial charge is 0.179 e. The molecule has 0 saturated heterocycles. The number of anilines is 1. The monoisotopic (exact) mass is 501 g/mol. The third-order valence-electron chi connectivity index (χ3n) is 7.35. The van der Waals surface area contributed by atoms with Crippen molar-refractivity contribution in [3.05, 3.63) is 53.6 Å². The summed E-state index contributed by atoms with van der Waals surface area (Å²) >= 11 is 0. The molecule has 2 aromatic rings. The number of aliphatic hydroxyl groups excluding tert-OH is 1. The Morgan fingerprint density at radius 3 is 2.29 bits per heavy atom. The first-order valence-electron chi connectivity index (χ1n) is 13.1. The minimum atomic E-state index is -3.60. The molecule has 0 unspecified atom stereocenters. The van der Waals surface area contributed by atoms with Gasteiger partial charge >= 0.3 is 0 Å². The van der Waals surface area contributed by atoms with Crippen molar-refractivity contribution in [2.75, 3.05) is 31.4 Å². The maximum atomic E-state index is 13.9. The maximum absolute atomic E-state index is 13.9. The number of sulfone groups is 1. The van der Waals surface area contributed by atoms with Gasteiger partial charge in [-0.1, -0.05) is 58.6 Å². The van der Waals surface area contributed by atoms with Crippen LogP contribution in [0.4, 0.5) is 5.69 Å². The molecule has 0 aromatic heterocycles. The number of aliphatic hydroxyl groups is 1. The molecule has 3 rings (SSSR count). The lowest BCUT2D eigenvalue weighted by Gasteiger charge is -2.40. The van der Waals surface area contributed by atoms with Crippen molar-refractivity contribution in [1.82, 2.24) is 0 Å². The van der Waals surface area contributed by atoms with Gasteiger partial charge in [-0.3, -0.25) is 0 Å². The van der Waals surface area contributed by atoms with Crippen LogP contribution in [-0.2, 0) is 9.84 Å². The molecule has 0 spiro atoms. The molecule has 0 radical (unpaired) electrons. The zero-order valence-corrected chi connectivity index (χ0v) is 22.9. The van der Waals surface area contributed by atoms with Crippen molar-refractivity contribution in [3.8, 4) is 5.75 Å². The first-order valence-corrected chi connectivity index (χ1v) is 14.8. The number of benzene rings is 2. The number of hydrogen-bond donors (Lipinski definition) is 1. The summed E-state index contributed by atoms with van der Waals surface area (Å²) in [6, 6.07) is 13.4. The number of fused-ring (bicyclic) bond motifs is 1. The van der Waals surface area contributed by atoms with Gasteiger partial charge in [0.1, 0.15) is 5.75 Å². The first kappa shape index (κ1) is 27.5. The average molecular weight is 502 g/mol. The number of rotatable bonds is 11. The first-order chi connectivity index (χ1) is 16.7. The molecule has 35 heavy (non-hydrogen) atoms. The van der Waals surface area contributed by atoms with Crippen LogP contribution >= 0.6 is 0 Å². The third-order valence-corrected chi connectivity index (χ3v) is 9.34. The van der Waals surface area contributed by atoms with Gasteiger partial charge in [0.15, 0.2) is 9.84 Å². The van der Waals surface area contributed by atoms with E-state index < -0.39 is 27.3 Å². The summed E-state index contributed by atoms with van der Waals surface area (Å²) < 4.78 is 33.7. The average Bonchev–Trinajstić information content (AvgIpc) is 2.91. The minimum Gasteiger partial charge on any atom is -0.494 e. The summed E-state index contributed by atoms with van der Waals surface area (Å²) in [5.74, 6) is 0.278. The summed E-state index contributed by atoms with van der Waals surface area (Å²) in [4.78, 5) is 2.32. The molecule has 1 N–H and O–H groups in total. The van der Waals surface area contributed by atoms with Crippen molar-refractivity contribution in [2.45, 2.75) is 82.6 Å². The molecule has 0 bridgehead atoms. The lowest BCUT2D eigenvalue weighted by atomic mass is 9.68. The van der Waals surface area contributed by atoms with E-state index in [1.54, 1.807) is 6.07 Å². The summed E-state index contributed by atoms with van der Waals surface area (Å²) in [7, 11) is 0.300. The molecule has 1 aliphatic heterocycles. The Kier molecular flexibility index (Phi) is 9.28. The predicted octanol–water partition coefficient (Wildman–Crippen LogP) is 6.19. The SMILES string of the molecule is CCCCC1(CCCC)CS(=O)(=O)c2ccc(N(C)C)cc2[C@@H](c2cccc(OCCC)c2)[C@H]1O. The Labute approximate surface area is 212 Å². The third kappa shape index (κ3) is 6.03. The van der Waals surface area contributed by atoms with Gasteiger partial charge in [0.2, 0.25) is 0 Å². The van der Waals surface area contributed by atoms with Gasteiger partial charge in [-0.25, -0.2) is 8.42 Å². The standard InChI is InChI=1S/C29H43NO4S/c1-6-9-16-29(17-10-7-2)21-35(32,33)26-15-14-23(30(4)5)20-25(26)27(28(29)31)22-12-11-13-24(19-22)34-18-8-3/h11-15,19-20,27-28,31H,6-10,16-18,21H2,1-5H3/t27-,28-/m1/s1. The molecular weight excluding hydrogens is 458 g/mol. The van der Waals surface area contributed by atoms with Crippen LogP contribution in [0.1, 0.15) is 82.8 Å². The lowest BCUT2D eigenvalue weighted by Crippen LogP contribution is -2.43. The second kappa shape index (κ2) is 11.8. The molecule has 5 nitrogen and oxygen atoms in total. The van der Waals surface area contributed by atoms with E-state index in [1.807, 2.05) is 55.4 Å². The van der Waals surface area contributed by atoms with E-state index in [9.17, 15) is 13.5 Å². The van der Waals surface area contributed by atoms with Crippen LogP contribution < -0.4 is 9.64 Å². The molecule has 2 aromatic carbocycles. The van der Waals surface area contributed by atoms with E-state index >= 15 is 0 Å². The van der Waals surface area contributed by atoms with Gasteiger partial charge in [0.25, 0.3) is 0 Å². The number of nitrogens with zero attached hydrogens (tertiary/aromatic N) is 1. The van der Waals surface area contributed by atoms with E-state index in [0.717, 1.165) is 49.1 Å². The van der Waals surface area contributed by atoms with Gasteiger partial charge in [-0.05, 0) is 60.7 Å². The highest BCUT2D eigenvalue weighted by molar-refractivity contribution is 7.91. The van der Waals surface area contributed by atoms with Gasteiger partial charge in [-0.2, -0.15) is 0 Å². The molecule has 0 amide bonds. The molecule has 6 heteroatoms. The largest absolute Gasteiger partial charge is 0.494 e. The Hall–Kier alpha value is -2.05. The second-order valence-electron chi connectivity index (χ2n) is 10.3. The number of ether oxygens (including phenoxy) is 1. The van der Waals surface area contributed by atoms with Crippen LogP contribution in [0.15, 0.2) is 47.4 Å². The van der Waals surface area contributed by atoms with Crippen molar-refractivity contribution < 1.29 is 18.3 Å². The van der Waals surface area contributed by atoms with Gasteiger partial charge in [0, 0.05) is 31.1 Å². The molecule has 0 fully saturated rings. The van der Waals surface area contributed by atoms with Gasteiger partial charge in [-0.15, -0.1) is 0 Å². The Morgan fingerprint density at radius 2 is 1.69 bits per heavy atom. The summed E-state index contributed by atoms with van der Waals surface area (Å²) in [5.41, 5.74) is 1.81. The Morgan fingerprint density at radius 1 is 1.00 bits per heavy atom. The van der Waals surface area contributed by atoms with Crippen molar-refractivity contribution in [2.24, 2.45) is 5.41 Å². The van der Waals surface area contributed by atoms with E-state index in [0.29, 0.717) is 29.9 Å². The van der Waals surface area contributed by atoms with E-state index in [2.05, 4.69) is 20.8 Å². The van der Waals surface area contributed by atoms with Crippen LogP contribution in [0.2, 0.25) is 0 Å². The molecule has 1 heterocycles. The van der Waals surface area contributed by atoms with Crippen molar-refractivity contribution in [1.29, 1.82) is 0 Å².